The summed E-state index contributed by atoms with van der Waals surface area (Å²) < 4.78 is 0. The predicted octanol–water partition coefficient (Wildman–Crippen LogP) is 0.821. The molecule has 0 aromatic rings. The van der Waals surface area contributed by atoms with Gasteiger partial charge in [-0.15, -0.1) is 0 Å². The van der Waals surface area contributed by atoms with E-state index in [4.69, 9.17) is 0 Å². The molecule has 1 amide bonds. The molecule has 2 N–H and O–H groups in total. The summed E-state index contributed by atoms with van der Waals surface area (Å²) in [6, 6.07) is 0.365. The van der Waals surface area contributed by atoms with E-state index in [9.17, 15) is 4.79 Å². The third-order valence-corrected chi connectivity index (χ3v) is 3.02. The summed E-state index contributed by atoms with van der Waals surface area (Å²) in [5.41, 5.74) is 0. The van der Waals surface area contributed by atoms with Crippen LogP contribution in [0.1, 0.15) is 25.7 Å². The molecule has 78 valence electrons. The maximum absolute atomic E-state index is 11.8. The molecular weight excluding hydrogens is 176 g/mol. The van der Waals surface area contributed by atoms with Crippen molar-refractivity contribution in [1.82, 2.24) is 10.6 Å². The van der Waals surface area contributed by atoms with E-state index >= 15 is 0 Å². The lowest BCUT2D eigenvalue weighted by Crippen LogP contribution is -2.43. The Morgan fingerprint density at radius 3 is 2.79 bits per heavy atom. The van der Waals surface area contributed by atoms with Crippen molar-refractivity contribution in [2.45, 2.75) is 31.7 Å². The van der Waals surface area contributed by atoms with Gasteiger partial charge in [0.25, 0.3) is 0 Å². The molecule has 3 nitrogen and oxygen atoms in total. The van der Waals surface area contributed by atoms with Gasteiger partial charge in [0.15, 0.2) is 0 Å². The van der Waals surface area contributed by atoms with Crippen molar-refractivity contribution >= 4 is 5.91 Å². The van der Waals surface area contributed by atoms with Gasteiger partial charge in [0.2, 0.25) is 5.91 Å². The second kappa shape index (κ2) is 4.60. The predicted molar refractivity (Wildman–Crippen MR) is 55.9 cm³/mol. The minimum atomic E-state index is 0.198. The van der Waals surface area contributed by atoms with Crippen LogP contribution in [0.4, 0.5) is 0 Å². The first-order chi connectivity index (χ1) is 6.86. The molecule has 0 aromatic heterocycles. The zero-order valence-corrected chi connectivity index (χ0v) is 8.46. The Bertz CT molecular complexity index is 223. The summed E-state index contributed by atoms with van der Waals surface area (Å²) >= 11 is 0. The van der Waals surface area contributed by atoms with E-state index in [-0.39, 0.29) is 11.8 Å². The Morgan fingerprint density at radius 1 is 1.36 bits per heavy atom. The number of piperidine rings is 1. The van der Waals surface area contributed by atoms with Gasteiger partial charge in [0.05, 0.1) is 5.92 Å². The first-order valence-electron chi connectivity index (χ1n) is 5.52. The van der Waals surface area contributed by atoms with E-state index in [1.165, 1.54) is 0 Å². The van der Waals surface area contributed by atoms with Gasteiger partial charge in [-0.3, -0.25) is 4.79 Å². The van der Waals surface area contributed by atoms with Crippen LogP contribution in [0.5, 0.6) is 0 Å². The fraction of sp³-hybridized carbons (Fsp3) is 0.727. The molecule has 0 bridgehead atoms. The van der Waals surface area contributed by atoms with Crippen LogP contribution in [-0.2, 0) is 4.79 Å². The van der Waals surface area contributed by atoms with Gasteiger partial charge in [-0.25, -0.2) is 0 Å². The van der Waals surface area contributed by atoms with Crippen molar-refractivity contribution in [3.8, 4) is 0 Å². The first kappa shape index (κ1) is 9.71. The van der Waals surface area contributed by atoms with Crippen LogP contribution in [-0.4, -0.2) is 25.0 Å². The molecule has 1 atom stereocenters. The van der Waals surface area contributed by atoms with Gasteiger partial charge < -0.3 is 10.6 Å². The minimum absolute atomic E-state index is 0.198. The monoisotopic (exact) mass is 194 g/mol. The van der Waals surface area contributed by atoms with Crippen LogP contribution in [0.25, 0.3) is 0 Å². The first-order valence-corrected chi connectivity index (χ1v) is 5.52. The summed E-state index contributed by atoms with van der Waals surface area (Å²) in [5.74, 6) is 0.440. The summed E-state index contributed by atoms with van der Waals surface area (Å²) in [6.45, 7) is 1.92. The highest BCUT2D eigenvalue weighted by molar-refractivity contribution is 5.79. The number of carbonyl (C=O) groups excluding carboxylic acids is 1. The molecule has 1 aliphatic heterocycles. The van der Waals surface area contributed by atoms with Crippen molar-refractivity contribution in [2.75, 3.05) is 13.1 Å². The van der Waals surface area contributed by atoms with Crippen molar-refractivity contribution in [2.24, 2.45) is 5.92 Å². The number of amides is 1. The lowest BCUT2D eigenvalue weighted by molar-refractivity contribution is -0.126. The number of hydrogen-bond acceptors (Lipinski definition) is 2. The minimum Gasteiger partial charge on any atom is -0.352 e. The van der Waals surface area contributed by atoms with Crippen molar-refractivity contribution in [3.05, 3.63) is 12.2 Å². The Morgan fingerprint density at radius 2 is 2.14 bits per heavy atom. The zero-order valence-electron chi connectivity index (χ0n) is 8.46. The lowest BCUT2D eigenvalue weighted by atomic mass is 9.98. The lowest BCUT2D eigenvalue weighted by Gasteiger charge is -2.23. The molecule has 1 fully saturated rings. The number of carbonyl (C=O) groups is 1. The van der Waals surface area contributed by atoms with Crippen molar-refractivity contribution < 1.29 is 4.79 Å². The van der Waals surface area contributed by atoms with Gasteiger partial charge in [0, 0.05) is 12.6 Å². The molecule has 1 aliphatic carbocycles. The van der Waals surface area contributed by atoms with Crippen LogP contribution in [0.3, 0.4) is 0 Å². The Hall–Kier alpha value is -0.830. The highest BCUT2D eigenvalue weighted by Gasteiger charge is 2.23. The van der Waals surface area contributed by atoms with Gasteiger partial charge in [-0.05, 0) is 32.2 Å². The molecule has 0 spiro atoms. The molecular formula is C11H18N2O. The van der Waals surface area contributed by atoms with Gasteiger partial charge in [0.1, 0.15) is 0 Å². The number of hydrogen-bond donors (Lipinski definition) is 2. The fourth-order valence-electron chi connectivity index (χ4n) is 2.13. The van der Waals surface area contributed by atoms with Gasteiger partial charge in [-0.2, -0.15) is 0 Å². The average Bonchev–Trinajstić information content (AvgIpc) is 2.72. The van der Waals surface area contributed by atoms with Crippen LogP contribution in [0.15, 0.2) is 12.2 Å². The largest absolute Gasteiger partial charge is 0.352 e. The molecule has 0 aromatic carbocycles. The molecule has 3 heteroatoms. The molecule has 1 saturated heterocycles. The van der Waals surface area contributed by atoms with E-state index in [0.717, 1.165) is 38.8 Å². The number of nitrogens with one attached hydrogen (secondary N) is 2. The molecule has 0 saturated carbocycles. The van der Waals surface area contributed by atoms with Crippen LogP contribution in [0, 0.1) is 5.92 Å². The Labute approximate surface area is 84.9 Å². The summed E-state index contributed by atoms with van der Waals surface area (Å²) in [5, 5.41) is 6.37. The maximum atomic E-state index is 11.8. The molecule has 1 heterocycles. The van der Waals surface area contributed by atoms with Crippen molar-refractivity contribution in [1.29, 1.82) is 0 Å². The molecule has 2 aliphatic rings. The summed E-state index contributed by atoms with van der Waals surface area (Å²) in [7, 11) is 0. The topological polar surface area (TPSA) is 41.1 Å². The molecule has 0 unspecified atom stereocenters. The van der Waals surface area contributed by atoms with Crippen molar-refractivity contribution in [3.63, 3.8) is 0 Å². The van der Waals surface area contributed by atoms with Crippen LogP contribution >= 0.6 is 0 Å². The van der Waals surface area contributed by atoms with Gasteiger partial charge >= 0.3 is 0 Å². The van der Waals surface area contributed by atoms with E-state index < -0.39 is 0 Å². The van der Waals surface area contributed by atoms with Crippen LogP contribution < -0.4 is 10.6 Å². The second-order valence-electron chi connectivity index (χ2n) is 4.19. The molecule has 0 radical (unpaired) electrons. The summed E-state index contributed by atoms with van der Waals surface area (Å²) in [6.07, 6.45) is 8.46. The third-order valence-electron chi connectivity index (χ3n) is 3.02. The zero-order chi connectivity index (χ0) is 9.80. The standard InChI is InChI=1S/C11H18N2O/c14-11(9-4-3-7-12-8-9)13-10-5-1-2-6-10/h1-2,9-10,12H,3-8H2,(H,13,14)/t9-/m0/s1. The van der Waals surface area contributed by atoms with E-state index in [2.05, 4.69) is 22.8 Å². The molecule has 2 rings (SSSR count). The fourth-order valence-corrected chi connectivity index (χ4v) is 2.13. The Kier molecular flexibility index (Phi) is 3.19. The Balaban J connectivity index is 1.76. The van der Waals surface area contributed by atoms with E-state index in [0.29, 0.717) is 6.04 Å². The van der Waals surface area contributed by atoms with E-state index in [1.54, 1.807) is 0 Å². The van der Waals surface area contributed by atoms with E-state index in [1.807, 2.05) is 0 Å². The summed E-state index contributed by atoms with van der Waals surface area (Å²) in [4.78, 5) is 11.8. The highest BCUT2D eigenvalue weighted by Crippen LogP contribution is 2.13. The molecule has 14 heavy (non-hydrogen) atoms. The maximum Gasteiger partial charge on any atom is 0.224 e. The highest BCUT2D eigenvalue weighted by atomic mass is 16.2. The number of rotatable bonds is 2. The smallest absolute Gasteiger partial charge is 0.224 e. The normalized spacial score (nSPS) is 27.9. The average molecular weight is 194 g/mol. The van der Waals surface area contributed by atoms with Crippen LogP contribution in [0.2, 0.25) is 0 Å². The third kappa shape index (κ3) is 2.35. The quantitative estimate of drug-likeness (QED) is 0.639. The van der Waals surface area contributed by atoms with Gasteiger partial charge in [-0.1, -0.05) is 12.2 Å². The SMILES string of the molecule is O=C(NC1CC=CC1)[C@H]1CCCNC1. The second-order valence-corrected chi connectivity index (χ2v) is 4.19.